The number of benzene rings is 1. The quantitative estimate of drug-likeness (QED) is 0.395. The minimum Gasteiger partial charge on any atom is -0.352 e. The van der Waals surface area contributed by atoms with Crippen LogP contribution in [0.4, 0.5) is 5.69 Å². The summed E-state index contributed by atoms with van der Waals surface area (Å²) in [4.78, 5) is 23.5. The molecule has 2 atom stereocenters. The van der Waals surface area contributed by atoms with Crippen LogP contribution in [0, 0.1) is 0 Å². The number of hydrogen-bond acceptors (Lipinski definition) is 4. The molecule has 0 spiro atoms. The lowest BCUT2D eigenvalue weighted by molar-refractivity contribution is -0.116. The van der Waals surface area contributed by atoms with Gasteiger partial charge in [-0.2, -0.15) is 0 Å². The first-order chi connectivity index (χ1) is 16.7. The van der Waals surface area contributed by atoms with Crippen LogP contribution in [0.25, 0.3) is 5.69 Å². The highest BCUT2D eigenvalue weighted by atomic mass is 32.1. The molecule has 4 aromatic rings. The molecule has 0 radical (unpaired) electrons. The normalized spacial score (nSPS) is 17.4. The lowest BCUT2D eigenvalue weighted by atomic mass is 10.0. The van der Waals surface area contributed by atoms with Crippen LogP contribution in [-0.4, -0.2) is 37.0 Å². The Kier molecular flexibility index (Phi) is 6.31. The maximum atomic E-state index is 12.7. The second kappa shape index (κ2) is 9.84. The molecule has 1 aliphatic rings. The van der Waals surface area contributed by atoms with E-state index in [1.54, 1.807) is 18.6 Å². The fraction of sp³-hybridized carbons (Fsp3) is 0.154. The molecule has 1 aliphatic heterocycles. The van der Waals surface area contributed by atoms with Crippen LogP contribution in [0.3, 0.4) is 0 Å². The lowest BCUT2D eigenvalue weighted by Gasteiger charge is -2.28. The van der Waals surface area contributed by atoms with E-state index in [4.69, 9.17) is 12.2 Å². The Balaban J connectivity index is 1.44. The van der Waals surface area contributed by atoms with E-state index < -0.39 is 0 Å². The Hall–Kier alpha value is -4.04. The predicted molar refractivity (Wildman–Crippen MR) is 135 cm³/mol. The number of amides is 1. The van der Waals surface area contributed by atoms with Gasteiger partial charge in [-0.1, -0.05) is 24.3 Å². The van der Waals surface area contributed by atoms with Gasteiger partial charge < -0.3 is 20.1 Å². The second-order valence-electron chi connectivity index (χ2n) is 7.99. The molecule has 4 heterocycles. The number of carbonyl (C=O) groups excluding carboxylic acids is 1. The van der Waals surface area contributed by atoms with Crippen LogP contribution in [0.5, 0.6) is 0 Å². The van der Waals surface area contributed by atoms with Crippen LogP contribution in [0.15, 0.2) is 97.6 Å². The minimum absolute atomic E-state index is 0.0569. The highest BCUT2D eigenvalue weighted by molar-refractivity contribution is 7.80. The van der Waals surface area contributed by atoms with Crippen molar-refractivity contribution >= 4 is 28.9 Å². The molecule has 5 rings (SSSR count). The van der Waals surface area contributed by atoms with Crippen molar-refractivity contribution in [1.29, 1.82) is 0 Å². The van der Waals surface area contributed by atoms with Crippen LogP contribution < -0.4 is 10.6 Å². The highest BCUT2D eigenvalue weighted by Crippen LogP contribution is 2.39. The molecule has 0 unspecified atom stereocenters. The van der Waals surface area contributed by atoms with Gasteiger partial charge in [-0.15, -0.1) is 0 Å². The van der Waals surface area contributed by atoms with E-state index in [1.807, 2.05) is 72.9 Å². The van der Waals surface area contributed by atoms with Crippen molar-refractivity contribution in [2.24, 2.45) is 0 Å². The summed E-state index contributed by atoms with van der Waals surface area (Å²) in [5.41, 5.74) is 3.74. The first kappa shape index (κ1) is 21.8. The van der Waals surface area contributed by atoms with E-state index in [0.29, 0.717) is 18.1 Å². The molecule has 1 saturated heterocycles. The topological polar surface area (TPSA) is 75.1 Å². The van der Waals surface area contributed by atoms with Crippen molar-refractivity contribution in [3.8, 4) is 5.69 Å². The fourth-order valence-corrected chi connectivity index (χ4v) is 4.64. The SMILES string of the molecule is O=C(CCN1C(=S)N[C@@H](c2ccccn2)[C@H]1c1cccn1-c1ccncc1)Nc1ccccc1. The molecule has 3 aromatic heterocycles. The number of nitrogens with zero attached hydrogens (tertiary/aromatic N) is 4. The number of para-hydroxylation sites is 1. The van der Waals surface area contributed by atoms with Gasteiger partial charge in [-0.3, -0.25) is 14.8 Å². The van der Waals surface area contributed by atoms with Crippen molar-refractivity contribution in [1.82, 2.24) is 24.8 Å². The van der Waals surface area contributed by atoms with E-state index in [-0.39, 0.29) is 18.0 Å². The maximum absolute atomic E-state index is 12.7. The van der Waals surface area contributed by atoms with Crippen molar-refractivity contribution in [3.05, 3.63) is 109 Å². The third kappa shape index (κ3) is 4.53. The lowest BCUT2D eigenvalue weighted by Crippen LogP contribution is -2.33. The van der Waals surface area contributed by atoms with Gasteiger partial charge in [-0.25, -0.2) is 0 Å². The van der Waals surface area contributed by atoms with Crippen molar-refractivity contribution in [2.75, 3.05) is 11.9 Å². The third-order valence-corrected chi connectivity index (χ3v) is 6.21. The monoisotopic (exact) mass is 468 g/mol. The Morgan fingerprint density at radius 3 is 2.53 bits per heavy atom. The second-order valence-corrected chi connectivity index (χ2v) is 8.38. The van der Waals surface area contributed by atoms with Crippen LogP contribution in [-0.2, 0) is 4.79 Å². The number of anilines is 1. The Bertz CT molecular complexity index is 1260. The summed E-state index contributed by atoms with van der Waals surface area (Å²) in [6.45, 7) is 0.472. The number of hydrogen-bond donors (Lipinski definition) is 2. The zero-order chi connectivity index (χ0) is 23.3. The number of nitrogens with one attached hydrogen (secondary N) is 2. The number of carbonyl (C=O) groups is 1. The standard InChI is InChI=1S/C26H24N6OS/c33-23(29-19-7-2-1-3-8-19)13-18-32-25(24(30-26(32)34)21-9-4-5-14-28-21)22-10-6-17-31(22)20-11-15-27-16-12-20/h1-12,14-17,24-25H,13,18H2,(H,29,33)(H,30,34)/t24-,25+/m0/s1. The largest absolute Gasteiger partial charge is 0.352 e. The minimum atomic E-state index is -0.152. The number of pyridine rings is 2. The molecule has 8 heteroatoms. The molecule has 1 aromatic carbocycles. The molecule has 170 valence electrons. The summed E-state index contributed by atoms with van der Waals surface area (Å²) in [5.74, 6) is -0.0569. The molecular formula is C26H24N6OS. The Labute approximate surface area is 203 Å². The summed E-state index contributed by atoms with van der Waals surface area (Å²) < 4.78 is 2.13. The summed E-state index contributed by atoms with van der Waals surface area (Å²) in [5, 5.41) is 7.01. The van der Waals surface area contributed by atoms with Crippen LogP contribution >= 0.6 is 12.2 Å². The van der Waals surface area contributed by atoms with Crippen molar-refractivity contribution < 1.29 is 4.79 Å². The van der Waals surface area contributed by atoms with Crippen molar-refractivity contribution in [2.45, 2.75) is 18.5 Å². The zero-order valence-electron chi connectivity index (χ0n) is 18.4. The summed E-state index contributed by atoms with van der Waals surface area (Å²) in [6.07, 6.45) is 7.67. The van der Waals surface area contributed by atoms with Gasteiger partial charge in [0.25, 0.3) is 0 Å². The van der Waals surface area contributed by atoms with Gasteiger partial charge >= 0.3 is 0 Å². The number of thiocarbonyl (C=S) groups is 1. The smallest absolute Gasteiger partial charge is 0.226 e. The maximum Gasteiger partial charge on any atom is 0.226 e. The summed E-state index contributed by atoms with van der Waals surface area (Å²) in [7, 11) is 0. The summed E-state index contributed by atoms with van der Waals surface area (Å²) in [6, 6.07) is 23.1. The number of aromatic nitrogens is 3. The molecule has 0 bridgehead atoms. The van der Waals surface area contributed by atoms with Crippen molar-refractivity contribution in [3.63, 3.8) is 0 Å². The van der Waals surface area contributed by atoms with E-state index in [0.717, 1.165) is 22.8 Å². The molecule has 1 amide bonds. The van der Waals surface area contributed by atoms with Gasteiger partial charge in [0.15, 0.2) is 5.11 Å². The van der Waals surface area contributed by atoms with Gasteiger partial charge in [0.2, 0.25) is 5.91 Å². The number of rotatable bonds is 7. The van der Waals surface area contributed by atoms with Gasteiger partial charge in [-0.05, 0) is 60.7 Å². The van der Waals surface area contributed by atoms with Gasteiger partial charge in [0.1, 0.15) is 0 Å². The third-order valence-electron chi connectivity index (χ3n) is 5.86. The average Bonchev–Trinajstić information content (AvgIpc) is 3.48. The predicted octanol–water partition coefficient (Wildman–Crippen LogP) is 4.27. The van der Waals surface area contributed by atoms with Crippen LogP contribution in [0.1, 0.15) is 29.9 Å². The van der Waals surface area contributed by atoms with E-state index >= 15 is 0 Å². The highest BCUT2D eigenvalue weighted by Gasteiger charge is 2.41. The molecule has 2 N–H and O–H groups in total. The van der Waals surface area contributed by atoms with Crippen LogP contribution in [0.2, 0.25) is 0 Å². The molecule has 0 saturated carbocycles. The van der Waals surface area contributed by atoms with E-state index in [1.165, 1.54) is 0 Å². The Morgan fingerprint density at radius 1 is 0.971 bits per heavy atom. The first-order valence-corrected chi connectivity index (χ1v) is 11.5. The molecule has 0 aliphatic carbocycles. The van der Waals surface area contributed by atoms with E-state index in [2.05, 4.69) is 36.1 Å². The molecule has 7 nitrogen and oxygen atoms in total. The fourth-order valence-electron chi connectivity index (χ4n) is 4.31. The molecule has 34 heavy (non-hydrogen) atoms. The van der Waals surface area contributed by atoms with Gasteiger partial charge in [0, 0.05) is 54.8 Å². The van der Waals surface area contributed by atoms with E-state index in [9.17, 15) is 4.79 Å². The average molecular weight is 469 g/mol. The molecule has 1 fully saturated rings. The zero-order valence-corrected chi connectivity index (χ0v) is 19.2. The van der Waals surface area contributed by atoms with Gasteiger partial charge in [0.05, 0.1) is 17.8 Å². The summed E-state index contributed by atoms with van der Waals surface area (Å²) >= 11 is 5.75. The Morgan fingerprint density at radius 2 is 1.76 bits per heavy atom. The molecular weight excluding hydrogens is 444 g/mol. The first-order valence-electron chi connectivity index (χ1n) is 11.1.